The summed E-state index contributed by atoms with van der Waals surface area (Å²) in [6, 6.07) is 9.37. The van der Waals surface area contributed by atoms with Crippen LogP contribution < -0.4 is 0 Å². The fourth-order valence-electron chi connectivity index (χ4n) is 4.98. The van der Waals surface area contributed by atoms with Crippen molar-refractivity contribution < 1.29 is 13.2 Å². The summed E-state index contributed by atoms with van der Waals surface area (Å²) in [5.74, 6) is 0.0308. The number of aryl methyl sites for hydroxylation is 1. The zero-order valence-corrected chi connectivity index (χ0v) is 19.1. The Hall–Kier alpha value is -2.23. The van der Waals surface area contributed by atoms with Gasteiger partial charge in [0.1, 0.15) is 0 Å². The normalized spacial score (nSPS) is 20.1. The van der Waals surface area contributed by atoms with Gasteiger partial charge >= 0.3 is 0 Å². The second-order valence-corrected chi connectivity index (χ2v) is 10.6. The van der Waals surface area contributed by atoms with Gasteiger partial charge in [-0.15, -0.1) is 0 Å². The van der Waals surface area contributed by atoms with Crippen LogP contribution in [0.5, 0.6) is 0 Å². The van der Waals surface area contributed by atoms with Crippen LogP contribution in [0.3, 0.4) is 0 Å². The molecule has 8 nitrogen and oxygen atoms in total. The minimum absolute atomic E-state index is 0.0308. The summed E-state index contributed by atoms with van der Waals surface area (Å²) in [6.45, 7) is 2.88. The molecule has 1 aromatic heterocycles. The molecule has 1 saturated carbocycles. The van der Waals surface area contributed by atoms with Crippen LogP contribution >= 0.6 is 0 Å². The summed E-state index contributed by atoms with van der Waals surface area (Å²) in [4.78, 5) is 21.2. The van der Waals surface area contributed by atoms with Crippen LogP contribution in [0.15, 0.2) is 47.9 Å². The fraction of sp³-hybridized carbons (Fsp3) is 0.545. The first-order chi connectivity index (χ1) is 14.8. The summed E-state index contributed by atoms with van der Waals surface area (Å²) in [7, 11) is 0.0669. The van der Waals surface area contributed by atoms with Gasteiger partial charge in [0.25, 0.3) is 15.9 Å². The zero-order chi connectivity index (χ0) is 22.1. The van der Waals surface area contributed by atoms with E-state index in [1.807, 2.05) is 42.3 Å². The van der Waals surface area contributed by atoms with E-state index in [0.717, 1.165) is 25.7 Å². The molecule has 0 atom stereocenters. The maximum Gasteiger partial charge on any atom is 0.262 e. The summed E-state index contributed by atoms with van der Waals surface area (Å²) >= 11 is 0. The Morgan fingerprint density at radius 2 is 1.74 bits per heavy atom. The molecule has 1 saturated heterocycles. The van der Waals surface area contributed by atoms with Crippen molar-refractivity contribution in [3.8, 4) is 0 Å². The predicted octanol–water partition coefficient (Wildman–Crippen LogP) is 1.81. The molecule has 2 aromatic rings. The average Bonchev–Trinajstić information content (AvgIpc) is 3.44. The molecule has 1 aliphatic heterocycles. The molecule has 0 unspecified atom stereocenters. The minimum Gasteiger partial charge on any atom is -0.340 e. The lowest BCUT2D eigenvalue weighted by Crippen LogP contribution is -2.60. The number of piperazine rings is 1. The van der Waals surface area contributed by atoms with Gasteiger partial charge in [0.2, 0.25) is 0 Å². The van der Waals surface area contributed by atoms with E-state index in [9.17, 15) is 13.2 Å². The molecule has 168 valence electrons. The SMILES string of the molecule is CN(CC1(N2CCN(S(=O)(=O)c3cn(C)cn3)CC2)CCCC1)C(=O)c1ccccc1. The number of hydrogen-bond acceptors (Lipinski definition) is 5. The topological polar surface area (TPSA) is 78.8 Å². The molecule has 1 aliphatic carbocycles. The average molecular weight is 446 g/mol. The Bertz CT molecular complexity index is 1010. The molecule has 0 spiro atoms. The Kier molecular flexibility index (Phi) is 6.18. The van der Waals surface area contributed by atoms with Gasteiger partial charge in [-0.25, -0.2) is 13.4 Å². The molecule has 1 aromatic carbocycles. The van der Waals surface area contributed by atoms with Crippen molar-refractivity contribution in [1.29, 1.82) is 0 Å². The maximum absolute atomic E-state index is 12.9. The molecule has 2 heterocycles. The van der Waals surface area contributed by atoms with E-state index in [-0.39, 0.29) is 16.5 Å². The summed E-state index contributed by atoms with van der Waals surface area (Å²) < 4.78 is 29.0. The Balaban J connectivity index is 1.44. The molecule has 0 radical (unpaired) electrons. The van der Waals surface area contributed by atoms with Crippen molar-refractivity contribution in [3.05, 3.63) is 48.4 Å². The lowest BCUT2D eigenvalue weighted by Gasteiger charge is -2.47. The lowest BCUT2D eigenvalue weighted by molar-refractivity contribution is 0.0295. The number of likely N-dealkylation sites (N-methyl/N-ethyl adjacent to an activating group) is 1. The highest BCUT2D eigenvalue weighted by Crippen LogP contribution is 2.37. The summed E-state index contributed by atoms with van der Waals surface area (Å²) in [6.07, 6.45) is 7.40. The van der Waals surface area contributed by atoms with Gasteiger partial charge in [-0.2, -0.15) is 4.31 Å². The van der Waals surface area contributed by atoms with Crippen molar-refractivity contribution in [1.82, 2.24) is 23.7 Å². The molecule has 2 fully saturated rings. The van der Waals surface area contributed by atoms with E-state index < -0.39 is 10.0 Å². The van der Waals surface area contributed by atoms with Gasteiger partial charge in [-0.3, -0.25) is 9.69 Å². The van der Waals surface area contributed by atoms with Crippen LogP contribution in [-0.4, -0.2) is 83.3 Å². The van der Waals surface area contributed by atoms with Gasteiger partial charge < -0.3 is 9.47 Å². The van der Waals surface area contributed by atoms with Crippen molar-refractivity contribution in [2.45, 2.75) is 36.2 Å². The van der Waals surface area contributed by atoms with Crippen molar-refractivity contribution in [3.63, 3.8) is 0 Å². The van der Waals surface area contributed by atoms with Gasteiger partial charge in [0, 0.05) is 64.1 Å². The second-order valence-electron chi connectivity index (χ2n) is 8.73. The molecule has 0 N–H and O–H groups in total. The van der Waals surface area contributed by atoms with Crippen LogP contribution in [0.2, 0.25) is 0 Å². The number of imidazole rings is 1. The largest absolute Gasteiger partial charge is 0.340 e. The van der Waals surface area contributed by atoms with Crippen molar-refractivity contribution in [2.75, 3.05) is 39.8 Å². The number of aromatic nitrogens is 2. The van der Waals surface area contributed by atoms with Crippen LogP contribution in [-0.2, 0) is 17.1 Å². The number of hydrogen-bond donors (Lipinski definition) is 0. The first-order valence-corrected chi connectivity index (χ1v) is 12.3. The van der Waals surface area contributed by atoms with Crippen LogP contribution in [0.25, 0.3) is 0 Å². The van der Waals surface area contributed by atoms with Crippen molar-refractivity contribution in [2.24, 2.45) is 7.05 Å². The highest BCUT2D eigenvalue weighted by Gasteiger charge is 2.43. The zero-order valence-electron chi connectivity index (χ0n) is 18.3. The third-order valence-electron chi connectivity index (χ3n) is 6.63. The third kappa shape index (κ3) is 4.40. The van der Waals surface area contributed by atoms with E-state index in [1.165, 1.54) is 10.6 Å². The van der Waals surface area contributed by atoms with E-state index in [1.54, 1.807) is 17.8 Å². The molecule has 9 heteroatoms. The molecular formula is C22H31N5O3S. The van der Waals surface area contributed by atoms with Crippen LogP contribution in [0, 0.1) is 0 Å². The van der Waals surface area contributed by atoms with Crippen LogP contribution in [0.4, 0.5) is 0 Å². The molecule has 1 amide bonds. The minimum atomic E-state index is -3.57. The van der Waals surface area contributed by atoms with Crippen LogP contribution in [0.1, 0.15) is 36.0 Å². The van der Waals surface area contributed by atoms with E-state index in [2.05, 4.69) is 9.88 Å². The Morgan fingerprint density at radius 3 is 2.32 bits per heavy atom. The maximum atomic E-state index is 12.9. The molecule has 31 heavy (non-hydrogen) atoms. The number of benzene rings is 1. The van der Waals surface area contributed by atoms with Gasteiger partial charge in [-0.05, 0) is 25.0 Å². The first kappa shape index (κ1) is 22.0. The van der Waals surface area contributed by atoms with E-state index >= 15 is 0 Å². The highest BCUT2D eigenvalue weighted by molar-refractivity contribution is 7.89. The lowest BCUT2D eigenvalue weighted by atomic mass is 9.93. The van der Waals surface area contributed by atoms with Gasteiger partial charge in [-0.1, -0.05) is 31.0 Å². The number of carbonyl (C=O) groups is 1. The molecular weight excluding hydrogens is 414 g/mol. The summed E-state index contributed by atoms with van der Waals surface area (Å²) in [5.41, 5.74) is 0.615. The Morgan fingerprint density at radius 1 is 1.10 bits per heavy atom. The quantitative estimate of drug-likeness (QED) is 0.678. The van der Waals surface area contributed by atoms with E-state index in [4.69, 9.17) is 0 Å². The number of nitrogens with zero attached hydrogens (tertiary/aromatic N) is 5. The fourth-order valence-corrected chi connectivity index (χ4v) is 6.37. The first-order valence-electron chi connectivity index (χ1n) is 10.9. The third-order valence-corrected chi connectivity index (χ3v) is 8.41. The van der Waals surface area contributed by atoms with Gasteiger partial charge in [0.05, 0.1) is 6.33 Å². The molecule has 2 aliphatic rings. The predicted molar refractivity (Wildman–Crippen MR) is 118 cm³/mol. The number of sulfonamides is 1. The summed E-state index contributed by atoms with van der Waals surface area (Å²) in [5, 5.41) is 0.104. The smallest absolute Gasteiger partial charge is 0.262 e. The Labute approximate surface area is 184 Å². The van der Waals surface area contributed by atoms with Gasteiger partial charge in [0.15, 0.2) is 5.03 Å². The number of carbonyl (C=O) groups excluding carboxylic acids is 1. The standard InChI is InChI=1S/C22H31N5O3S/c1-24-16-20(23-18-24)31(29,30)27-14-12-26(13-15-27)22(10-6-7-11-22)17-25(2)21(28)19-8-4-3-5-9-19/h3-5,8-9,16,18H,6-7,10-15,17H2,1-2H3. The highest BCUT2D eigenvalue weighted by atomic mass is 32.2. The number of amides is 1. The second kappa shape index (κ2) is 8.72. The van der Waals surface area contributed by atoms with E-state index in [0.29, 0.717) is 38.3 Å². The van der Waals surface area contributed by atoms with Crippen molar-refractivity contribution >= 4 is 15.9 Å². The molecule has 4 rings (SSSR count). The monoisotopic (exact) mass is 445 g/mol. The molecule has 0 bridgehead atoms. The number of rotatable bonds is 6.